The van der Waals surface area contributed by atoms with Crippen molar-refractivity contribution in [3.05, 3.63) is 29.3 Å². The summed E-state index contributed by atoms with van der Waals surface area (Å²) < 4.78 is 6.08. The highest BCUT2D eigenvalue weighted by molar-refractivity contribution is 6.00. The average molecular weight is 244 g/mol. The number of carbonyl (C=O) groups is 1. The zero-order chi connectivity index (χ0) is 12.4. The summed E-state index contributed by atoms with van der Waals surface area (Å²) in [4.78, 5) is 11.6. The van der Waals surface area contributed by atoms with Crippen molar-refractivity contribution >= 4 is 5.78 Å². The molecule has 2 aliphatic carbocycles. The Balaban J connectivity index is 1.71. The van der Waals surface area contributed by atoms with Crippen LogP contribution >= 0.6 is 0 Å². The summed E-state index contributed by atoms with van der Waals surface area (Å²) in [6, 6.07) is 5.98. The standard InChI is InChI=1S/C16H20O2/c17-16-10-7-12-11-14(8-9-15(12)16)18-13-5-3-1-2-4-6-13/h8-9,11,13H,1-7,10H2. The first-order valence-corrected chi connectivity index (χ1v) is 7.16. The van der Waals surface area contributed by atoms with Crippen LogP contribution in [-0.4, -0.2) is 11.9 Å². The van der Waals surface area contributed by atoms with Gasteiger partial charge in [0.25, 0.3) is 0 Å². The van der Waals surface area contributed by atoms with E-state index in [1.54, 1.807) is 0 Å². The van der Waals surface area contributed by atoms with E-state index in [4.69, 9.17) is 4.74 Å². The van der Waals surface area contributed by atoms with E-state index in [-0.39, 0.29) is 5.78 Å². The van der Waals surface area contributed by atoms with E-state index >= 15 is 0 Å². The summed E-state index contributed by atoms with van der Waals surface area (Å²) in [6.45, 7) is 0. The van der Waals surface area contributed by atoms with Crippen LogP contribution < -0.4 is 4.74 Å². The van der Waals surface area contributed by atoms with Crippen molar-refractivity contribution in [2.24, 2.45) is 0 Å². The van der Waals surface area contributed by atoms with Gasteiger partial charge in [0.2, 0.25) is 0 Å². The maximum Gasteiger partial charge on any atom is 0.163 e. The summed E-state index contributed by atoms with van der Waals surface area (Å²) in [7, 11) is 0. The third-order valence-corrected chi connectivity index (χ3v) is 4.10. The quantitative estimate of drug-likeness (QED) is 0.737. The molecule has 1 saturated carbocycles. The summed E-state index contributed by atoms with van der Waals surface area (Å²) in [5, 5.41) is 0. The Labute approximate surface area is 108 Å². The number of benzene rings is 1. The highest BCUT2D eigenvalue weighted by Crippen LogP contribution is 2.28. The van der Waals surface area contributed by atoms with Crippen LogP contribution in [0.2, 0.25) is 0 Å². The molecular weight excluding hydrogens is 224 g/mol. The van der Waals surface area contributed by atoms with E-state index in [1.165, 1.54) is 44.1 Å². The molecule has 3 rings (SSSR count). The molecule has 0 unspecified atom stereocenters. The van der Waals surface area contributed by atoms with Gasteiger partial charge in [0.1, 0.15) is 5.75 Å². The van der Waals surface area contributed by atoms with Gasteiger partial charge in [-0.25, -0.2) is 0 Å². The van der Waals surface area contributed by atoms with Crippen LogP contribution in [0.1, 0.15) is 60.9 Å². The molecule has 1 aromatic rings. The number of ketones is 1. The van der Waals surface area contributed by atoms with Crippen LogP contribution in [-0.2, 0) is 6.42 Å². The molecule has 2 heteroatoms. The number of aryl methyl sites for hydroxylation is 1. The zero-order valence-corrected chi connectivity index (χ0v) is 10.8. The average Bonchev–Trinajstić information content (AvgIpc) is 2.60. The van der Waals surface area contributed by atoms with Crippen LogP contribution in [0, 0.1) is 0 Å². The summed E-state index contributed by atoms with van der Waals surface area (Å²) in [5.41, 5.74) is 2.08. The fourth-order valence-electron chi connectivity index (χ4n) is 3.06. The molecule has 0 saturated heterocycles. The fourth-order valence-corrected chi connectivity index (χ4v) is 3.06. The van der Waals surface area contributed by atoms with Gasteiger partial charge in [-0.1, -0.05) is 12.8 Å². The van der Waals surface area contributed by atoms with E-state index in [9.17, 15) is 4.79 Å². The van der Waals surface area contributed by atoms with Gasteiger partial charge < -0.3 is 4.74 Å². The van der Waals surface area contributed by atoms with Gasteiger partial charge in [-0.3, -0.25) is 4.79 Å². The SMILES string of the molecule is O=C1CCc2cc(OC3CCCCCC3)ccc21. The molecule has 0 amide bonds. The predicted octanol–water partition coefficient (Wildman–Crippen LogP) is 3.92. The Bertz CT molecular complexity index is 442. The van der Waals surface area contributed by atoms with Crippen LogP contribution in [0.5, 0.6) is 5.75 Å². The first-order valence-electron chi connectivity index (χ1n) is 7.16. The Morgan fingerprint density at radius 3 is 2.56 bits per heavy atom. The molecule has 0 aromatic heterocycles. The van der Waals surface area contributed by atoms with Gasteiger partial charge >= 0.3 is 0 Å². The Hall–Kier alpha value is -1.31. The fraction of sp³-hybridized carbons (Fsp3) is 0.562. The van der Waals surface area contributed by atoms with Gasteiger partial charge in [0, 0.05) is 12.0 Å². The Morgan fingerprint density at radius 1 is 1.00 bits per heavy atom. The van der Waals surface area contributed by atoms with E-state index in [0.717, 1.165) is 17.7 Å². The smallest absolute Gasteiger partial charge is 0.163 e. The minimum Gasteiger partial charge on any atom is -0.490 e. The lowest BCUT2D eigenvalue weighted by atomic mass is 10.1. The summed E-state index contributed by atoms with van der Waals surface area (Å²) in [5.74, 6) is 1.24. The predicted molar refractivity (Wildman–Crippen MR) is 71.2 cm³/mol. The van der Waals surface area contributed by atoms with E-state index in [2.05, 4.69) is 6.07 Å². The lowest BCUT2D eigenvalue weighted by molar-refractivity contribution is 0.0994. The highest BCUT2D eigenvalue weighted by Gasteiger charge is 2.20. The largest absolute Gasteiger partial charge is 0.490 e. The van der Waals surface area contributed by atoms with Crippen molar-refractivity contribution in [3.8, 4) is 5.75 Å². The second-order valence-corrected chi connectivity index (χ2v) is 5.47. The van der Waals surface area contributed by atoms with Crippen molar-refractivity contribution in [3.63, 3.8) is 0 Å². The lowest BCUT2D eigenvalue weighted by Crippen LogP contribution is -2.15. The van der Waals surface area contributed by atoms with Crippen LogP contribution in [0.15, 0.2) is 18.2 Å². The second-order valence-electron chi connectivity index (χ2n) is 5.47. The van der Waals surface area contributed by atoms with Gasteiger partial charge in [-0.15, -0.1) is 0 Å². The Morgan fingerprint density at radius 2 is 1.78 bits per heavy atom. The topological polar surface area (TPSA) is 26.3 Å². The molecule has 0 heterocycles. The molecule has 1 fully saturated rings. The molecule has 2 aliphatic rings. The van der Waals surface area contributed by atoms with Crippen LogP contribution in [0.3, 0.4) is 0 Å². The van der Waals surface area contributed by atoms with Crippen molar-refractivity contribution < 1.29 is 9.53 Å². The number of carbonyl (C=O) groups excluding carboxylic acids is 1. The molecule has 0 aliphatic heterocycles. The number of ether oxygens (including phenoxy) is 1. The van der Waals surface area contributed by atoms with Crippen molar-refractivity contribution in [1.82, 2.24) is 0 Å². The van der Waals surface area contributed by atoms with Crippen LogP contribution in [0.4, 0.5) is 0 Å². The third-order valence-electron chi connectivity index (χ3n) is 4.10. The van der Waals surface area contributed by atoms with Crippen molar-refractivity contribution in [2.75, 3.05) is 0 Å². The number of hydrogen-bond acceptors (Lipinski definition) is 2. The van der Waals surface area contributed by atoms with E-state index in [1.807, 2.05) is 12.1 Å². The van der Waals surface area contributed by atoms with E-state index in [0.29, 0.717) is 12.5 Å². The molecular formula is C16H20O2. The highest BCUT2D eigenvalue weighted by atomic mass is 16.5. The lowest BCUT2D eigenvalue weighted by Gasteiger charge is -2.17. The maximum absolute atomic E-state index is 11.6. The first-order chi connectivity index (χ1) is 8.83. The summed E-state index contributed by atoms with van der Waals surface area (Å²) >= 11 is 0. The monoisotopic (exact) mass is 244 g/mol. The molecule has 2 nitrogen and oxygen atoms in total. The summed E-state index contributed by atoms with van der Waals surface area (Å²) in [6.07, 6.45) is 9.55. The van der Waals surface area contributed by atoms with Gasteiger partial charge in [-0.2, -0.15) is 0 Å². The van der Waals surface area contributed by atoms with Gasteiger partial charge in [0.05, 0.1) is 6.10 Å². The molecule has 0 atom stereocenters. The number of hydrogen-bond donors (Lipinski definition) is 0. The maximum atomic E-state index is 11.6. The number of rotatable bonds is 2. The minimum atomic E-state index is 0.283. The molecule has 96 valence electrons. The molecule has 18 heavy (non-hydrogen) atoms. The zero-order valence-electron chi connectivity index (χ0n) is 10.8. The third kappa shape index (κ3) is 2.43. The molecule has 0 radical (unpaired) electrons. The number of fused-ring (bicyclic) bond motifs is 1. The normalized spacial score (nSPS) is 20.6. The Kier molecular flexibility index (Phi) is 3.35. The molecule has 0 spiro atoms. The van der Waals surface area contributed by atoms with Crippen molar-refractivity contribution in [1.29, 1.82) is 0 Å². The molecule has 0 bridgehead atoms. The van der Waals surface area contributed by atoms with Gasteiger partial charge in [-0.05, 0) is 55.9 Å². The van der Waals surface area contributed by atoms with Crippen LogP contribution in [0.25, 0.3) is 0 Å². The molecule has 0 N–H and O–H groups in total. The van der Waals surface area contributed by atoms with E-state index < -0.39 is 0 Å². The van der Waals surface area contributed by atoms with Crippen molar-refractivity contribution in [2.45, 2.75) is 57.5 Å². The number of Topliss-reactive ketones (excluding diaryl/α,β-unsaturated/α-hetero) is 1. The van der Waals surface area contributed by atoms with Gasteiger partial charge in [0.15, 0.2) is 5.78 Å². The molecule has 1 aromatic carbocycles. The minimum absolute atomic E-state index is 0.283. The second kappa shape index (κ2) is 5.13. The first kappa shape index (κ1) is 11.8.